The van der Waals surface area contributed by atoms with Crippen molar-refractivity contribution in [1.29, 1.82) is 0 Å². The Bertz CT molecular complexity index is 695. The van der Waals surface area contributed by atoms with Crippen molar-refractivity contribution < 1.29 is 0 Å². The highest BCUT2D eigenvalue weighted by Crippen LogP contribution is 2.17. The molecule has 0 fully saturated rings. The van der Waals surface area contributed by atoms with Crippen LogP contribution < -0.4 is 0 Å². The van der Waals surface area contributed by atoms with E-state index in [2.05, 4.69) is 54.0 Å². The monoisotopic (exact) mass is 234 g/mol. The van der Waals surface area contributed by atoms with Gasteiger partial charge in [-0.25, -0.2) is 4.98 Å². The largest absolute Gasteiger partial charge is 0.311 e. The molecule has 0 aliphatic heterocycles. The Balaban J connectivity index is 1.97. The molecule has 0 atom stereocenters. The zero-order valence-corrected chi connectivity index (χ0v) is 10.1. The van der Waals surface area contributed by atoms with E-state index in [-0.39, 0.29) is 0 Å². The van der Waals surface area contributed by atoms with Crippen molar-refractivity contribution in [3.63, 3.8) is 0 Å². The van der Waals surface area contributed by atoms with E-state index in [9.17, 15) is 0 Å². The minimum Gasteiger partial charge on any atom is -0.311 e. The van der Waals surface area contributed by atoms with Gasteiger partial charge in [0.15, 0.2) is 0 Å². The fraction of sp³-hybridized carbons (Fsp3) is 0.0625. The van der Waals surface area contributed by atoms with Crippen molar-refractivity contribution in [1.82, 2.24) is 9.55 Å². The molecule has 0 radical (unpaired) electrons. The maximum atomic E-state index is 4.35. The van der Waals surface area contributed by atoms with Crippen molar-refractivity contribution >= 4 is 17.0 Å². The zero-order valence-electron chi connectivity index (χ0n) is 10.1. The molecule has 0 unspecified atom stereocenters. The molecular weight excluding hydrogens is 220 g/mol. The lowest BCUT2D eigenvalue weighted by Crippen LogP contribution is -1.97. The molecule has 0 N–H and O–H groups in total. The Morgan fingerprint density at radius 1 is 1.11 bits per heavy atom. The minimum atomic E-state index is 0.823. The molecule has 88 valence electrons. The van der Waals surface area contributed by atoms with Crippen molar-refractivity contribution in [2.45, 2.75) is 6.42 Å². The standard InChI is InChI=1S/C16H14N2/c1-2-18-10-9-17-16(18)12-13-7-8-14-5-3-4-6-15(14)11-13/h2-11H,1,12H2. The summed E-state index contributed by atoms with van der Waals surface area (Å²) in [5.41, 5.74) is 1.27. The van der Waals surface area contributed by atoms with Crippen molar-refractivity contribution in [2.24, 2.45) is 0 Å². The normalized spacial score (nSPS) is 10.7. The Morgan fingerprint density at radius 3 is 2.78 bits per heavy atom. The fourth-order valence-electron chi connectivity index (χ4n) is 2.18. The van der Waals surface area contributed by atoms with E-state index in [1.807, 2.05) is 10.8 Å². The van der Waals surface area contributed by atoms with E-state index in [0.717, 1.165) is 12.2 Å². The van der Waals surface area contributed by atoms with Crippen LogP contribution >= 0.6 is 0 Å². The molecule has 0 aliphatic rings. The van der Waals surface area contributed by atoms with E-state index < -0.39 is 0 Å². The van der Waals surface area contributed by atoms with E-state index in [1.54, 1.807) is 12.4 Å². The molecule has 0 saturated carbocycles. The van der Waals surface area contributed by atoms with E-state index in [0.29, 0.717) is 0 Å². The molecule has 2 nitrogen and oxygen atoms in total. The summed E-state index contributed by atoms with van der Waals surface area (Å²) in [5.74, 6) is 1.01. The summed E-state index contributed by atoms with van der Waals surface area (Å²) in [7, 11) is 0. The summed E-state index contributed by atoms with van der Waals surface area (Å²) in [5, 5.41) is 2.54. The smallest absolute Gasteiger partial charge is 0.117 e. The quantitative estimate of drug-likeness (QED) is 0.675. The summed E-state index contributed by atoms with van der Waals surface area (Å²) in [6.45, 7) is 3.78. The second-order valence-corrected chi connectivity index (χ2v) is 4.29. The van der Waals surface area contributed by atoms with Gasteiger partial charge in [-0.3, -0.25) is 0 Å². The molecular formula is C16H14N2. The lowest BCUT2D eigenvalue weighted by molar-refractivity contribution is 0.953. The third kappa shape index (κ3) is 1.93. The highest BCUT2D eigenvalue weighted by Gasteiger charge is 2.02. The van der Waals surface area contributed by atoms with Gasteiger partial charge in [-0.2, -0.15) is 0 Å². The summed E-state index contributed by atoms with van der Waals surface area (Å²) in [6.07, 6.45) is 6.33. The van der Waals surface area contributed by atoms with Crippen molar-refractivity contribution in [2.75, 3.05) is 0 Å². The Kier molecular flexibility index (Phi) is 2.69. The first-order chi connectivity index (χ1) is 8.86. The second kappa shape index (κ2) is 4.49. The molecule has 2 heteroatoms. The third-order valence-electron chi connectivity index (χ3n) is 3.12. The Labute approximate surface area is 106 Å². The van der Waals surface area contributed by atoms with Crippen LogP contribution in [0.4, 0.5) is 0 Å². The van der Waals surface area contributed by atoms with E-state index in [4.69, 9.17) is 0 Å². The topological polar surface area (TPSA) is 17.8 Å². The molecule has 0 bridgehead atoms. The maximum absolute atomic E-state index is 4.35. The predicted molar refractivity (Wildman–Crippen MR) is 75.4 cm³/mol. The SMILES string of the molecule is C=Cn1ccnc1Cc1ccc2ccccc2c1. The lowest BCUT2D eigenvalue weighted by atomic mass is 10.1. The first-order valence-corrected chi connectivity index (χ1v) is 5.99. The van der Waals surface area contributed by atoms with Crippen LogP contribution in [0.5, 0.6) is 0 Å². The zero-order chi connectivity index (χ0) is 12.4. The molecule has 1 heterocycles. The van der Waals surface area contributed by atoms with Crippen LogP contribution in [-0.2, 0) is 6.42 Å². The van der Waals surface area contributed by atoms with Gasteiger partial charge in [0, 0.05) is 25.0 Å². The fourth-order valence-corrected chi connectivity index (χ4v) is 2.18. The Morgan fingerprint density at radius 2 is 1.94 bits per heavy atom. The molecule has 0 amide bonds. The molecule has 1 aromatic heterocycles. The lowest BCUT2D eigenvalue weighted by Gasteiger charge is -2.04. The van der Waals surface area contributed by atoms with Gasteiger partial charge in [0.25, 0.3) is 0 Å². The van der Waals surface area contributed by atoms with Crippen LogP contribution in [0.15, 0.2) is 61.4 Å². The van der Waals surface area contributed by atoms with Crippen LogP contribution in [0.3, 0.4) is 0 Å². The van der Waals surface area contributed by atoms with Crippen LogP contribution in [0.25, 0.3) is 17.0 Å². The van der Waals surface area contributed by atoms with Crippen LogP contribution in [0, 0.1) is 0 Å². The van der Waals surface area contributed by atoms with Crippen molar-refractivity contribution in [3.8, 4) is 0 Å². The third-order valence-corrected chi connectivity index (χ3v) is 3.12. The number of rotatable bonds is 3. The van der Waals surface area contributed by atoms with Gasteiger partial charge in [0.1, 0.15) is 5.82 Å². The predicted octanol–water partition coefficient (Wildman–Crippen LogP) is 3.73. The van der Waals surface area contributed by atoms with Gasteiger partial charge in [0.2, 0.25) is 0 Å². The first-order valence-electron chi connectivity index (χ1n) is 5.99. The number of hydrogen-bond donors (Lipinski definition) is 0. The molecule has 0 aliphatic carbocycles. The van der Waals surface area contributed by atoms with Crippen LogP contribution in [-0.4, -0.2) is 9.55 Å². The number of fused-ring (bicyclic) bond motifs is 1. The van der Waals surface area contributed by atoms with Crippen LogP contribution in [0.2, 0.25) is 0 Å². The average Bonchev–Trinajstić information content (AvgIpc) is 2.86. The van der Waals surface area contributed by atoms with Gasteiger partial charge in [0.05, 0.1) is 0 Å². The van der Waals surface area contributed by atoms with Gasteiger partial charge < -0.3 is 4.57 Å². The summed E-state index contributed by atoms with van der Waals surface area (Å²) in [6, 6.07) is 14.9. The molecule has 18 heavy (non-hydrogen) atoms. The Hall–Kier alpha value is -2.35. The number of benzene rings is 2. The molecule has 3 rings (SSSR count). The number of imidazole rings is 1. The van der Waals surface area contributed by atoms with Crippen LogP contribution in [0.1, 0.15) is 11.4 Å². The maximum Gasteiger partial charge on any atom is 0.117 e. The number of nitrogens with zero attached hydrogens (tertiary/aromatic N) is 2. The molecule has 3 aromatic rings. The van der Waals surface area contributed by atoms with Gasteiger partial charge in [-0.1, -0.05) is 49.0 Å². The van der Waals surface area contributed by atoms with Gasteiger partial charge >= 0.3 is 0 Å². The minimum absolute atomic E-state index is 0.823. The summed E-state index contributed by atoms with van der Waals surface area (Å²) in [4.78, 5) is 4.35. The number of aromatic nitrogens is 2. The van der Waals surface area contributed by atoms with Crippen molar-refractivity contribution in [3.05, 3.63) is 72.8 Å². The van der Waals surface area contributed by atoms with Gasteiger partial charge in [-0.05, 0) is 16.3 Å². The average molecular weight is 234 g/mol. The molecule has 0 spiro atoms. The van der Waals surface area contributed by atoms with Gasteiger partial charge in [-0.15, -0.1) is 0 Å². The van der Waals surface area contributed by atoms with E-state index in [1.165, 1.54) is 16.3 Å². The highest BCUT2D eigenvalue weighted by molar-refractivity contribution is 5.83. The first kappa shape index (κ1) is 10.8. The highest BCUT2D eigenvalue weighted by atomic mass is 15.0. The van der Waals surface area contributed by atoms with E-state index >= 15 is 0 Å². The second-order valence-electron chi connectivity index (χ2n) is 4.29. The summed E-state index contributed by atoms with van der Waals surface area (Å²) < 4.78 is 1.95. The molecule has 0 saturated heterocycles. The number of hydrogen-bond acceptors (Lipinski definition) is 1. The molecule has 2 aromatic carbocycles. The summed E-state index contributed by atoms with van der Waals surface area (Å²) >= 11 is 0.